The number of nitrogens with zero attached hydrogens (tertiary/aromatic N) is 4. The Kier molecular flexibility index (Phi) is 3.79. The summed E-state index contributed by atoms with van der Waals surface area (Å²) in [6, 6.07) is 5.84. The standard InChI is InChI=1S/C17H21N5/c1-4-5-10-21-11-20-17-15(16(21)18)12(2)13(3)22(17)14-8-6-7-9-19-14/h6-9,11,18H,4-5,10H2,1-3H3. The maximum absolute atomic E-state index is 8.52. The first-order valence-electron chi connectivity index (χ1n) is 7.68. The number of hydrogen-bond donors (Lipinski definition) is 1. The van der Waals surface area contributed by atoms with E-state index in [1.165, 1.54) is 0 Å². The molecule has 0 saturated heterocycles. The first kappa shape index (κ1) is 14.5. The number of rotatable bonds is 4. The van der Waals surface area contributed by atoms with E-state index in [4.69, 9.17) is 5.41 Å². The molecule has 3 heterocycles. The lowest BCUT2D eigenvalue weighted by atomic mass is 10.2. The van der Waals surface area contributed by atoms with Crippen LogP contribution < -0.4 is 5.49 Å². The second-order valence-corrected chi connectivity index (χ2v) is 5.57. The lowest BCUT2D eigenvalue weighted by Gasteiger charge is -2.08. The predicted octanol–water partition coefficient (Wildman–Crippen LogP) is 3.12. The van der Waals surface area contributed by atoms with Crippen molar-refractivity contribution in [2.24, 2.45) is 0 Å². The van der Waals surface area contributed by atoms with Crippen LogP contribution in [-0.4, -0.2) is 19.1 Å². The zero-order valence-corrected chi connectivity index (χ0v) is 13.3. The molecule has 3 aromatic rings. The molecule has 0 bridgehead atoms. The van der Waals surface area contributed by atoms with Gasteiger partial charge in [0.25, 0.3) is 0 Å². The molecule has 0 spiro atoms. The molecular weight excluding hydrogens is 274 g/mol. The summed E-state index contributed by atoms with van der Waals surface area (Å²) in [5.74, 6) is 0.844. The molecule has 0 aliphatic heterocycles. The van der Waals surface area contributed by atoms with Crippen LogP contribution in [0.4, 0.5) is 0 Å². The minimum atomic E-state index is 0.536. The Morgan fingerprint density at radius 2 is 2.00 bits per heavy atom. The van der Waals surface area contributed by atoms with Gasteiger partial charge in [-0.1, -0.05) is 19.4 Å². The van der Waals surface area contributed by atoms with E-state index in [-0.39, 0.29) is 0 Å². The Bertz CT molecular complexity index is 858. The van der Waals surface area contributed by atoms with Crippen LogP contribution in [0.2, 0.25) is 0 Å². The molecule has 0 unspecified atom stereocenters. The quantitative estimate of drug-likeness (QED) is 0.804. The first-order chi connectivity index (χ1) is 10.6. The summed E-state index contributed by atoms with van der Waals surface area (Å²) in [5, 5.41) is 9.44. The molecule has 22 heavy (non-hydrogen) atoms. The van der Waals surface area contributed by atoms with Gasteiger partial charge in [-0.2, -0.15) is 0 Å². The van der Waals surface area contributed by atoms with Crippen molar-refractivity contribution in [2.45, 2.75) is 40.2 Å². The van der Waals surface area contributed by atoms with Crippen LogP contribution in [-0.2, 0) is 6.54 Å². The van der Waals surface area contributed by atoms with Crippen LogP contribution in [0.25, 0.3) is 16.9 Å². The Hall–Kier alpha value is -2.43. The van der Waals surface area contributed by atoms with Crippen molar-refractivity contribution in [3.8, 4) is 5.82 Å². The SMILES string of the molecule is CCCCn1cnc2c(c(C)c(C)n2-c2ccccn2)c1=N. The van der Waals surface area contributed by atoms with E-state index >= 15 is 0 Å². The van der Waals surface area contributed by atoms with Crippen LogP contribution in [0.1, 0.15) is 31.0 Å². The maximum atomic E-state index is 8.52. The van der Waals surface area contributed by atoms with Gasteiger partial charge < -0.3 is 4.57 Å². The second-order valence-electron chi connectivity index (χ2n) is 5.57. The fraction of sp³-hybridized carbons (Fsp3) is 0.353. The van der Waals surface area contributed by atoms with Crippen LogP contribution in [0.5, 0.6) is 0 Å². The fourth-order valence-electron chi connectivity index (χ4n) is 2.78. The molecule has 114 valence electrons. The average molecular weight is 295 g/mol. The summed E-state index contributed by atoms with van der Waals surface area (Å²) in [6.45, 7) is 7.11. The minimum absolute atomic E-state index is 0.536. The van der Waals surface area contributed by atoms with Crippen molar-refractivity contribution in [3.05, 3.63) is 47.5 Å². The molecule has 3 aromatic heterocycles. The van der Waals surface area contributed by atoms with Gasteiger partial charge >= 0.3 is 0 Å². The molecular formula is C17H21N5. The normalized spacial score (nSPS) is 11.2. The lowest BCUT2D eigenvalue weighted by molar-refractivity contribution is 0.596. The minimum Gasteiger partial charge on any atom is -0.317 e. The molecule has 0 radical (unpaired) electrons. The van der Waals surface area contributed by atoms with E-state index in [0.29, 0.717) is 5.49 Å². The molecule has 0 aromatic carbocycles. The predicted molar refractivity (Wildman–Crippen MR) is 87.1 cm³/mol. The summed E-state index contributed by atoms with van der Waals surface area (Å²) in [7, 11) is 0. The van der Waals surface area contributed by atoms with Crippen LogP contribution in [0.15, 0.2) is 30.7 Å². The van der Waals surface area contributed by atoms with Crippen LogP contribution in [0.3, 0.4) is 0 Å². The monoisotopic (exact) mass is 295 g/mol. The van der Waals surface area contributed by atoms with Gasteiger partial charge in [-0.3, -0.25) is 9.98 Å². The second kappa shape index (κ2) is 5.75. The van der Waals surface area contributed by atoms with Gasteiger partial charge in [-0.15, -0.1) is 0 Å². The van der Waals surface area contributed by atoms with Crippen molar-refractivity contribution in [3.63, 3.8) is 0 Å². The molecule has 0 atom stereocenters. The number of aromatic nitrogens is 4. The average Bonchev–Trinajstić information content (AvgIpc) is 2.80. The number of fused-ring (bicyclic) bond motifs is 1. The van der Waals surface area contributed by atoms with Crippen molar-refractivity contribution < 1.29 is 0 Å². The van der Waals surface area contributed by atoms with Crippen molar-refractivity contribution >= 4 is 11.0 Å². The number of hydrogen-bond acceptors (Lipinski definition) is 3. The van der Waals surface area contributed by atoms with Crippen molar-refractivity contribution in [1.29, 1.82) is 5.41 Å². The number of unbranched alkanes of at least 4 members (excludes halogenated alkanes) is 1. The Labute approximate surface area is 129 Å². The molecule has 3 rings (SSSR count). The van der Waals surface area contributed by atoms with E-state index in [9.17, 15) is 0 Å². The van der Waals surface area contributed by atoms with E-state index in [1.807, 2.05) is 27.3 Å². The fourth-order valence-corrected chi connectivity index (χ4v) is 2.78. The van der Waals surface area contributed by atoms with Gasteiger partial charge in [0.05, 0.1) is 11.7 Å². The molecule has 1 N–H and O–H groups in total. The highest BCUT2D eigenvalue weighted by Gasteiger charge is 2.16. The van der Waals surface area contributed by atoms with Crippen molar-refractivity contribution in [1.82, 2.24) is 19.1 Å². The molecule has 0 amide bonds. The van der Waals surface area contributed by atoms with E-state index in [1.54, 1.807) is 12.5 Å². The third-order valence-corrected chi connectivity index (χ3v) is 4.16. The van der Waals surface area contributed by atoms with Crippen LogP contribution >= 0.6 is 0 Å². The summed E-state index contributed by atoms with van der Waals surface area (Å²) in [4.78, 5) is 9.05. The summed E-state index contributed by atoms with van der Waals surface area (Å²) in [5.41, 5.74) is 3.53. The van der Waals surface area contributed by atoms with Gasteiger partial charge in [0.15, 0.2) is 5.65 Å². The molecule has 0 fully saturated rings. The van der Waals surface area contributed by atoms with E-state index < -0.39 is 0 Å². The van der Waals surface area contributed by atoms with Gasteiger partial charge in [-0.05, 0) is 38.0 Å². The molecule has 5 nitrogen and oxygen atoms in total. The van der Waals surface area contributed by atoms with Crippen LogP contribution in [0, 0.1) is 19.3 Å². The van der Waals surface area contributed by atoms with Crippen molar-refractivity contribution in [2.75, 3.05) is 0 Å². The highest BCUT2D eigenvalue weighted by Crippen LogP contribution is 2.23. The molecule has 0 aliphatic carbocycles. The summed E-state index contributed by atoms with van der Waals surface area (Å²) in [6.07, 6.45) is 5.72. The van der Waals surface area contributed by atoms with E-state index in [0.717, 1.165) is 47.5 Å². The first-order valence-corrected chi connectivity index (χ1v) is 7.68. The zero-order valence-electron chi connectivity index (χ0n) is 13.3. The summed E-state index contributed by atoms with van der Waals surface area (Å²) >= 11 is 0. The van der Waals surface area contributed by atoms with Gasteiger partial charge in [-0.25, -0.2) is 9.97 Å². The zero-order chi connectivity index (χ0) is 15.7. The molecule has 0 aliphatic rings. The Morgan fingerprint density at radius 1 is 1.18 bits per heavy atom. The highest BCUT2D eigenvalue weighted by molar-refractivity contribution is 5.82. The maximum Gasteiger partial charge on any atom is 0.151 e. The summed E-state index contributed by atoms with van der Waals surface area (Å²) < 4.78 is 3.97. The van der Waals surface area contributed by atoms with Gasteiger partial charge in [0.2, 0.25) is 0 Å². The third-order valence-electron chi connectivity index (χ3n) is 4.16. The van der Waals surface area contributed by atoms with E-state index in [2.05, 4.69) is 30.7 Å². The smallest absolute Gasteiger partial charge is 0.151 e. The van der Waals surface area contributed by atoms with Gasteiger partial charge in [0, 0.05) is 18.4 Å². The highest BCUT2D eigenvalue weighted by atomic mass is 15.1. The lowest BCUT2D eigenvalue weighted by Crippen LogP contribution is -2.21. The molecule has 0 saturated carbocycles. The Morgan fingerprint density at radius 3 is 2.68 bits per heavy atom. The number of pyridine rings is 1. The third kappa shape index (κ3) is 2.22. The number of aryl methyl sites for hydroxylation is 2. The number of nitrogens with one attached hydrogen (secondary N) is 1. The molecule has 5 heteroatoms. The van der Waals surface area contributed by atoms with Gasteiger partial charge in [0.1, 0.15) is 11.3 Å². The topological polar surface area (TPSA) is 59.5 Å². The Balaban J connectivity index is 2.27. The largest absolute Gasteiger partial charge is 0.317 e.